The quantitative estimate of drug-likeness (QED) is 0.841. The molecule has 1 aliphatic carbocycles. The second-order valence-electron chi connectivity index (χ2n) is 6.05. The van der Waals surface area contributed by atoms with Crippen LogP contribution in [0.4, 0.5) is 0 Å². The lowest BCUT2D eigenvalue weighted by Gasteiger charge is -2.15. The summed E-state index contributed by atoms with van der Waals surface area (Å²) in [4.78, 5) is 12.0. The predicted octanol–water partition coefficient (Wildman–Crippen LogP) is 2.93. The summed E-state index contributed by atoms with van der Waals surface area (Å²) >= 11 is 0. The first-order chi connectivity index (χ1) is 12.2. The third kappa shape index (κ3) is 4.05. The van der Waals surface area contributed by atoms with Gasteiger partial charge in [0, 0.05) is 12.5 Å². The molecule has 0 fully saturated rings. The van der Waals surface area contributed by atoms with Crippen molar-refractivity contribution in [2.75, 3.05) is 27.4 Å². The Morgan fingerprint density at radius 1 is 1.12 bits per heavy atom. The van der Waals surface area contributed by atoms with Gasteiger partial charge in [-0.3, -0.25) is 4.79 Å². The molecule has 0 spiro atoms. The number of benzene rings is 2. The number of para-hydroxylation sites is 1. The van der Waals surface area contributed by atoms with Crippen molar-refractivity contribution in [2.45, 2.75) is 18.8 Å². The molecule has 1 aliphatic rings. The van der Waals surface area contributed by atoms with Crippen LogP contribution in [0.3, 0.4) is 0 Å². The van der Waals surface area contributed by atoms with Crippen LogP contribution in [0.25, 0.3) is 0 Å². The highest BCUT2D eigenvalue weighted by Crippen LogP contribution is 2.40. The third-order valence-corrected chi connectivity index (χ3v) is 4.51. The number of carbonyl (C=O) groups excluding carboxylic acids is 1. The number of fused-ring (bicyclic) bond motifs is 1. The Kier molecular flexibility index (Phi) is 5.43. The Balaban J connectivity index is 1.56. The van der Waals surface area contributed by atoms with E-state index < -0.39 is 0 Å². The standard InChI is InChI=1S/C20H23NO4/c1-23-18-10-14-8-9-15(17(14)11-19(18)24-2)12-21-20(22)13-25-16-6-4-3-5-7-16/h3-7,10-11,15H,8-9,12-13H2,1-2H3,(H,21,22). The van der Waals surface area contributed by atoms with E-state index in [-0.39, 0.29) is 18.4 Å². The number of rotatable bonds is 7. The van der Waals surface area contributed by atoms with Gasteiger partial charge in [-0.15, -0.1) is 0 Å². The van der Waals surface area contributed by atoms with Crippen molar-refractivity contribution < 1.29 is 19.0 Å². The second kappa shape index (κ2) is 7.92. The molecule has 0 radical (unpaired) electrons. The molecule has 1 amide bonds. The van der Waals surface area contributed by atoms with Gasteiger partial charge < -0.3 is 19.5 Å². The maximum atomic E-state index is 12.0. The summed E-state index contributed by atoms with van der Waals surface area (Å²) in [5.74, 6) is 2.35. The van der Waals surface area contributed by atoms with Crippen LogP contribution in [0, 0.1) is 0 Å². The van der Waals surface area contributed by atoms with Crippen molar-refractivity contribution in [1.29, 1.82) is 0 Å². The third-order valence-electron chi connectivity index (χ3n) is 4.51. The lowest BCUT2D eigenvalue weighted by molar-refractivity contribution is -0.123. The number of ether oxygens (including phenoxy) is 3. The molecule has 3 rings (SSSR count). The molecule has 132 valence electrons. The molecule has 2 aromatic rings. The zero-order chi connectivity index (χ0) is 17.6. The second-order valence-corrected chi connectivity index (χ2v) is 6.05. The molecule has 1 unspecified atom stereocenters. The van der Waals surface area contributed by atoms with Crippen molar-refractivity contribution >= 4 is 5.91 Å². The maximum absolute atomic E-state index is 12.0. The zero-order valence-electron chi connectivity index (χ0n) is 14.6. The van der Waals surface area contributed by atoms with Gasteiger partial charge in [0.15, 0.2) is 18.1 Å². The largest absolute Gasteiger partial charge is 0.493 e. The van der Waals surface area contributed by atoms with E-state index in [4.69, 9.17) is 14.2 Å². The van der Waals surface area contributed by atoms with E-state index in [1.54, 1.807) is 14.2 Å². The van der Waals surface area contributed by atoms with Crippen LogP contribution in [0.2, 0.25) is 0 Å². The van der Waals surface area contributed by atoms with Crippen molar-refractivity contribution in [2.24, 2.45) is 0 Å². The molecule has 0 aromatic heterocycles. The van der Waals surface area contributed by atoms with E-state index in [9.17, 15) is 4.79 Å². The number of nitrogens with one attached hydrogen (secondary N) is 1. The molecule has 5 nitrogen and oxygen atoms in total. The first-order valence-corrected chi connectivity index (χ1v) is 8.40. The fourth-order valence-corrected chi connectivity index (χ4v) is 3.18. The number of methoxy groups -OCH3 is 2. The van der Waals surface area contributed by atoms with Gasteiger partial charge in [0.25, 0.3) is 5.91 Å². The van der Waals surface area contributed by atoms with E-state index >= 15 is 0 Å². The summed E-state index contributed by atoms with van der Waals surface area (Å²) in [5, 5.41) is 2.97. The van der Waals surface area contributed by atoms with E-state index in [0.717, 1.165) is 24.3 Å². The van der Waals surface area contributed by atoms with Gasteiger partial charge in [-0.05, 0) is 48.2 Å². The van der Waals surface area contributed by atoms with E-state index in [2.05, 4.69) is 5.32 Å². The maximum Gasteiger partial charge on any atom is 0.257 e. The Bertz CT molecular complexity index is 730. The minimum absolute atomic E-state index is 0.0233. The molecule has 2 aromatic carbocycles. The molecule has 0 aliphatic heterocycles. The molecular weight excluding hydrogens is 318 g/mol. The summed E-state index contributed by atoms with van der Waals surface area (Å²) in [6, 6.07) is 13.4. The van der Waals surface area contributed by atoms with E-state index in [0.29, 0.717) is 12.3 Å². The van der Waals surface area contributed by atoms with Crippen LogP contribution in [0.5, 0.6) is 17.2 Å². The molecule has 0 saturated carbocycles. The highest BCUT2D eigenvalue weighted by atomic mass is 16.5. The monoisotopic (exact) mass is 341 g/mol. The summed E-state index contributed by atoms with van der Waals surface area (Å²) in [6.45, 7) is 0.620. The van der Waals surface area contributed by atoms with Gasteiger partial charge in [0.2, 0.25) is 0 Å². The molecule has 25 heavy (non-hydrogen) atoms. The first-order valence-electron chi connectivity index (χ1n) is 8.40. The number of hydrogen-bond donors (Lipinski definition) is 1. The molecule has 0 heterocycles. The highest BCUT2D eigenvalue weighted by molar-refractivity contribution is 5.77. The van der Waals surface area contributed by atoms with Crippen molar-refractivity contribution in [3.8, 4) is 17.2 Å². The van der Waals surface area contributed by atoms with Crippen LogP contribution < -0.4 is 19.5 Å². The average molecular weight is 341 g/mol. The Hall–Kier alpha value is -2.69. The van der Waals surface area contributed by atoms with E-state index in [1.165, 1.54) is 11.1 Å². The fourth-order valence-electron chi connectivity index (χ4n) is 3.18. The SMILES string of the molecule is COc1cc2c(cc1OC)C(CNC(=O)COc1ccccc1)CC2. The lowest BCUT2D eigenvalue weighted by atomic mass is 10.0. The van der Waals surface area contributed by atoms with Crippen LogP contribution in [0.15, 0.2) is 42.5 Å². The van der Waals surface area contributed by atoms with Crippen molar-refractivity contribution in [1.82, 2.24) is 5.32 Å². The van der Waals surface area contributed by atoms with Gasteiger partial charge in [0.1, 0.15) is 5.75 Å². The fraction of sp³-hybridized carbons (Fsp3) is 0.350. The Morgan fingerprint density at radius 3 is 2.56 bits per heavy atom. The summed E-state index contributed by atoms with van der Waals surface area (Å²) in [6.07, 6.45) is 1.99. The molecule has 0 saturated heterocycles. The summed E-state index contributed by atoms with van der Waals surface area (Å²) in [7, 11) is 3.28. The van der Waals surface area contributed by atoms with Crippen LogP contribution in [-0.4, -0.2) is 33.3 Å². The Morgan fingerprint density at radius 2 is 1.84 bits per heavy atom. The van der Waals surface area contributed by atoms with Gasteiger partial charge in [-0.2, -0.15) is 0 Å². The highest BCUT2D eigenvalue weighted by Gasteiger charge is 2.25. The predicted molar refractivity (Wildman–Crippen MR) is 95.6 cm³/mol. The normalized spacial score (nSPS) is 15.4. The number of carbonyl (C=O) groups is 1. The molecule has 0 bridgehead atoms. The number of hydrogen-bond acceptors (Lipinski definition) is 4. The van der Waals surface area contributed by atoms with Gasteiger partial charge in [-0.25, -0.2) is 0 Å². The van der Waals surface area contributed by atoms with Gasteiger partial charge >= 0.3 is 0 Å². The van der Waals surface area contributed by atoms with Gasteiger partial charge in [-0.1, -0.05) is 18.2 Å². The number of amides is 1. The topological polar surface area (TPSA) is 56.8 Å². The van der Waals surface area contributed by atoms with Crippen molar-refractivity contribution in [3.63, 3.8) is 0 Å². The minimum atomic E-state index is -0.113. The zero-order valence-corrected chi connectivity index (χ0v) is 14.6. The van der Waals surface area contributed by atoms with Crippen LogP contribution in [-0.2, 0) is 11.2 Å². The molecule has 5 heteroatoms. The smallest absolute Gasteiger partial charge is 0.257 e. The van der Waals surface area contributed by atoms with Crippen molar-refractivity contribution in [3.05, 3.63) is 53.6 Å². The summed E-state index contributed by atoms with van der Waals surface area (Å²) < 4.78 is 16.2. The minimum Gasteiger partial charge on any atom is -0.493 e. The average Bonchev–Trinajstić information content (AvgIpc) is 3.06. The Labute approximate surface area is 147 Å². The molecule has 1 N–H and O–H groups in total. The summed E-state index contributed by atoms with van der Waals surface area (Å²) in [5.41, 5.74) is 2.49. The van der Waals surface area contributed by atoms with Crippen LogP contribution >= 0.6 is 0 Å². The molecular formula is C20H23NO4. The lowest BCUT2D eigenvalue weighted by Crippen LogP contribution is -2.32. The first kappa shape index (κ1) is 17.1. The number of aryl methyl sites for hydroxylation is 1. The van der Waals surface area contributed by atoms with Gasteiger partial charge in [0.05, 0.1) is 14.2 Å². The van der Waals surface area contributed by atoms with Crippen LogP contribution in [0.1, 0.15) is 23.5 Å². The van der Waals surface area contributed by atoms with E-state index in [1.807, 2.05) is 42.5 Å². The molecule has 1 atom stereocenters.